The van der Waals surface area contributed by atoms with Crippen LogP contribution < -0.4 is 10.6 Å². The van der Waals surface area contributed by atoms with Crippen LogP contribution in [0.2, 0.25) is 0 Å². The summed E-state index contributed by atoms with van der Waals surface area (Å²) in [6.45, 7) is 0.952. The second-order valence-electron chi connectivity index (χ2n) is 8.51. The lowest BCUT2D eigenvalue weighted by atomic mass is 9.73. The molecule has 7 nitrogen and oxygen atoms in total. The summed E-state index contributed by atoms with van der Waals surface area (Å²) in [7, 11) is 0. The lowest BCUT2D eigenvalue weighted by molar-refractivity contribution is -0.120. The molecule has 2 aromatic carbocycles. The standard InChI is InChI=1S/C26H24N4O3/c27-25(33)29-15-12-26(13-16-29)21-6-2-1-5-19(21)17-23(31)30(26)20-10-8-18(9-11-20)24(32)22-7-3-4-14-28-22/h1-11,14H,12-13,15-17H2,(H2,27,33). The number of piperidine rings is 1. The van der Waals surface area contributed by atoms with Crippen molar-refractivity contribution in [3.8, 4) is 0 Å². The van der Waals surface area contributed by atoms with Gasteiger partial charge in [0, 0.05) is 30.5 Å². The number of benzene rings is 2. The Morgan fingerprint density at radius 2 is 1.61 bits per heavy atom. The van der Waals surface area contributed by atoms with E-state index in [-0.39, 0.29) is 11.7 Å². The first-order chi connectivity index (χ1) is 16.0. The number of ketones is 1. The first kappa shape index (κ1) is 20.9. The van der Waals surface area contributed by atoms with E-state index in [1.807, 2.05) is 35.2 Å². The van der Waals surface area contributed by atoms with E-state index in [4.69, 9.17) is 5.73 Å². The molecule has 0 unspecified atom stereocenters. The number of nitrogens with zero attached hydrogens (tertiary/aromatic N) is 3. The van der Waals surface area contributed by atoms with Crippen molar-refractivity contribution in [1.82, 2.24) is 9.88 Å². The van der Waals surface area contributed by atoms with Gasteiger partial charge in [-0.1, -0.05) is 30.3 Å². The number of primary amides is 1. The van der Waals surface area contributed by atoms with Gasteiger partial charge >= 0.3 is 6.03 Å². The van der Waals surface area contributed by atoms with Gasteiger partial charge in [0.05, 0.1) is 12.0 Å². The molecule has 0 bridgehead atoms. The molecule has 0 aliphatic carbocycles. The predicted octanol–water partition coefficient (Wildman–Crippen LogP) is 3.27. The van der Waals surface area contributed by atoms with Crippen LogP contribution in [0.1, 0.15) is 40.0 Å². The Morgan fingerprint density at radius 3 is 2.27 bits per heavy atom. The average Bonchev–Trinajstić information content (AvgIpc) is 2.85. The van der Waals surface area contributed by atoms with Crippen molar-refractivity contribution in [2.45, 2.75) is 24.8 Å². The Labute approximate surface area is 191 Å². The zero-order chi connectivity index (χ0) is 23.0. The van der Waals surface area contributed by atoms with Crippen molar-refractivity contribution in [3.63, 3.8) is 0 Å². The zero-order valence-corrected chi connectivity index (χ0v) is 18.1. The first-order valence-corrected chi connectivity index (χ1v) is 11.0. The zero-order valence-electron chi connectivity index (χ0n) is 18.1. The van der Waals surface area contributed by atoms with Gasteiger partial charge in [-0.2, -0.15) is 0 Å². The minimum atomic E-state index is -0.565. The highest BCUT2D eigenvalue weighted by Crippen LogP contribution is 2.46. The number of hydrogen-bond acceptors (Lipinski definition) is 4. The fourth-order valence-corrected chi connectivity index (χ4v) is 5.12. The van der Waals surface area contributed by atoms with Gasteiger partial charge in [0.1, 0.15) is 5.69 Å². The van der Waals surface area contributed by atoms with Gasteiger partial charge in [0.25, 0.3) is 0 Å². The number of aromatic nitrogens is 1. The number of hydrogen-bond donors (Lipinski definition) is 1. The quantitative estimate of drug-likeness (QED) is 0.632. The summed E-state index contributed by atoms with van der Waals surface area (Å²) in [5, 5.41) is 0. The molecule has 1 fully saturated rings. The molecule has 0 saturated carbocycles. The first-order valence-electron chi connectivity index (χ1n) is 11.0. The summed E-state index contributed by atoms with van der Waals surface area (Å²) in [5.41, 5.74) is 8.71. The molecule has 2 aliphatic rings. The van der Waals surface area contributed by atoms with E-state index >= 15 is 0 Å². The minimum absolute atomic E-state index is 0.00466. The molecule has 166 valence electrons. The Hall–Kier alpha value is -4.00. The maximum Gasteiger partial charge on any atom is 0.314 e. The molecule has 33 heavy (non-hydrogen) atoms. The van der Waals surface area contributed by atoms with Crippen LogP contribution in [-0.2, 0) is 16.8 Å². The number of carbonyl (C=O) groups is 3. The SMILES string of the molecule is NC(=O)N1CCC2(CC1)c1ccccc1CC(=O)N2c1ccc(C(=O)c2ccccn2)cc1. The highest BCUT2D eigenvalue weighted by atomic mass is 16.2. The maximum atomic E-state index is 13.4. The van der Waals surface area contributed by atoms with Crippen LogP contribution in [0.25, 0.3) is 0 Å². The van der Waals surface area contributed by atoms with Gasteiger partial charge in [0.15, 0.2) is 0 Å². The van der Waals surface area contributed by atoms with Crippen LogP contribution in [0.3, 0.4) is 0 Å². The third-order valence-corrected chi connectivity index (χ3v) is 6.73. The van der Waals surface area contributed by atoms with Crippen molar-refractivity contribution in [3.05, 3.63) is 95.3 Å². The van der Waals surface area contributed by atoms with Crippen LogP contribution in [0.5, 0.6) is 0 Å². The largest absolute Gasteiger partial charge is 0.351 e. The smallest absolute Gasteiger partial charge is 0.314 e. The van der Waals surface area contributed by atoms with Gasteiger partial charge in [-0.25, -0.2) is 4.79 Å². The van der Waals surface area contributed by atoms with E-state index in [0.717, 1.165) is 16.8 Å². The lowest BCUT2D eigenvalue weighted by Gasteiger charge is -2.52. The number of likely N-dealkylation sites (tertiary alicyclic amines) is 1. The molecule has 3 heterocycles. The normalized spacial score (nSPS) is 17.0. The van der Waals surface area contributed by atoms with E-state index in [2.05, 4.69) is 11.1 Å². The van der Waals surface area contributed by atoms with Gasteiger partial charge in [-0.3, -0.25) is 14.6 Å². The summed E-state index contributed by atoms with van der Waals surface area (Å²) in [6, 6.07) is 19.9. The van der Waals surface area contributed by atoms with Crippen molar-refractivity contribution in [2.24, 2.45) is 5.73 Å². The highest BCUT2D eigenvalue weighted by molar-refractivity contribution is 6.08. The molecule has 7 heteroatoms. The van der Waals surface area contributed by atoms with Gasteiger partial charge in [0.2, 0.25) is 11.7 Å². The fraction of sp³-hybridized carbons (Fsp3) is 0.231. The highest BCUT2D eigenvalue weighted by Gasteiger charge is 2.48. The van der Waals surface area contributed by atoms with Crippen molar-refractivity contribution < 1.29 is 14.4 Å². The molecule has 0 atom stereocenters. The molecular formula is C26H24N4O3. The Morgan fingerprint density at radius 1 is 0.909 bits per heavy atom. The van der Waals surface area contributed by atoms with Crippen molar-refractivity contribution >= 4 is 23.4 Å². The Kier molecular flexibility index (Phi) is 5.17. The summed E-state index contributed by atoms with van der Waals surface area (Å²) >= 11 is 0. The summed E-state index contributed by atoms with van der Waals surface area (Å²) in [5.74, 6) is -0.160. The number of fused-ring (bicyclic) bond motifs is 2. The molecule has 3 aromatic rings. The molecule has 1 aromatic heterocycles. The molecule has 5 rings (SSSR count). The summed E-state index contributed by atoms with van der Waals surface area (Å²) in [6.07, 6.45) is 3.08. The van der Waals surface area contributed by atoms with E-state index in [1.165, 1.54) is 0 Å². The molecule has 3 amide bonds. The predicted molar refractivity (Wildman–Crippen MR) is 124 cm³/mol. The number of urea groups is 1. The van der Waals surface area contributed by atoms with Crippen LogP contribution in [0.4, 0.5) is 10.5 Å². The number of pyridine rings is 1. The van der Waals surface area contributed by atoms with Gasteiger partial charge in [-0.05, 0) is 60.4 Å². The number of rotatable bonds is 3. The molecular weight excluding hydrogens is 416 g/mol. The van der Waals surface area contributed by atoms with Crippen LogP contribution >= 0.6 is 0 Å². The van der Waals surface area contributed by atoms with Gasteiger partial charge < -0.3 is 15.5 Å². The summed E-state index contributed by atoms with van der Waals surface area (Å²) < 4.78 is 0. The number of anilines is 1. The van der Waals surface area contributed by atoms with Crippen LogP contribution in [0.15, 0.2) is 72.9 Å². The Balaban J connectivity index is 1.53. The number of nitrogens with two attached hydrogens (primary N) is 1. The number of amides is 3. The second kappa shape index (κ2) is 8.16. The minimum Gasteiger partial charge on any atom is -0.351 e. The second-order valence-corrected chi connectivity index (χ2v) is 8.51. The maximum absolute atomic E-state index is 13.4. The monoisotopic (exact) mass is 440 g/mol. The summed E-state index contributed by atoms with van der Waals surface area (Å²) in [4.78, 5) is 45.6. The number of carbonyl (C=O) groups excluding carboxylic acids is 3. The van der Waals surface area contributed by atoms with Crippen molar-refractivity contribution in [2.75, 3.05) is 18.0 Å². The average molecular weight is 441 g/mol. The third kappa shape index (κ3) is 3.55. The molecule has 0 radical (unpaired) electrons. The van der Waals surface area contributed by atoms with Crippen LogP contribution in [0, 0.1) is 0 Å². The van der Waals surface area contributed by atoms with Crippen molar-refractivity contribution in [1.29, 1.82) is 0 Å². The van der Waals surface area contributed by atoms with E-state index in [0.29, 0.717) is 43.6 Å². The molecule has 1 spiro atoms. The van der Waals surface area contributed by atoms with E-state index < -0.39 is 11.6 Å². The third-order valence-electron chi connectivity index (χ3n) is 6.73. The van der Waals surface area contributed by atoms with E-state index in [1.54, 1.807) is 41.4 Å². The fourth-order valence-electron chi connectivity index (χ4n) is 5.12. The van der Waals surface area contributed by atoms with E-state index in [9.17, 15) is 14.4 Å². The van der Waals surface area contributed by atoms with Crippen LogP contribution in [-0.4, -0.2) is 40.7 Å². The lowest BCUT2D eigenvalue weighted by Crippen LogP contribution is -2.59. The molecule has 1 saturated heterocycles. The Bertz CT molecular complexity index is 1220. The molecule has 2 aliphatic heterocycles. The van der Waals surface area contributed by atoms with Gasteiger partial charge in [-0.15, -0.1) is 0 Å². The molecule has 2 N–H and O–H groups in total. The topological polar surface area (TPSA) is 96.6 Å².